The number of likely N-dealkylation sites (tertiary alicyclic amines) is 1. The molecule has 2 bridgehead atoms. The predicted molar refractivity (Wildman–Crippen MR) is 114 cm³/mol. The third-order valence-corrected chi connectivity index (χ3v) is 6.32. The normalized spacial score (nSPS) is 20.9. The van der Waals surface area contributed by atoms with Crippen LogP contribution in [-0.4, -0.2) is 42.5 Å². The molecule has 0 aliphatic carbocycles. The summed E-state index contributed by atoms with van der Waals surface area (Å²) < 4.78 is 1.98. The van der Waals surface area contributed by atoms with Crippen LogP contribution in [-0.2, 0) is 13.1 Å². The number of pyridine rings is 1. The van der Waals surface area contributed by atoms with E-state index in [0.717, 1.165) is 55.0 Å². The summed E-state index contributed by atoms with van der Waals surface area (Å²) in [7, 11) is 0. The zero-order chi connectivity index (χ0) is 20.1. The number of piperidine rings is 1. The molecular weight excluding hydrogens is 376 g/mol. The Morgan fingerprint density at radius 1 is 1.03 bits per heavy atom. The van der Waals surface area contributed by atoms with Crippen LogP contribution in [0.4, 0.5) is 0 Å². The molecule has 1 saturated heterocycles. The second-order valence-corrected chi connectivity index (χ2v) is 8.37. The molecule has 1 aromatic carbocycles. The molecule has 2 atom stereocenters. The van der Waals surface area contributed by atoms with Crippen LogP contribution in [0.2, 0.25) is 0 Å². The highest BCUT2D eigenvalue weighted by Crippen LogP contribution is 2.36. The molecule has 0 spiro atoms. The van der Waals surface area contributed by atoms with Gasteiger partial charge in [0.1, 0.15) is 5.82 Å². The van der Waals surface area contributed by atoms with E-state index in [1.54, 1.807) is 12.4 Å². The standard InChI is InChI=1S/C23H22N6O/c30-23-18(22-24-7-8-25-22)5-6-21-16-9-15(12-29(21)23)11-28(13-16)14-17-10-26-19-3-1-2-4-20(19)27-17/h1-8,10,15-16H,9,11-14H2,(H,24,25)/t15-,16+/m0/s1. The minimum absolute atomic E-state index is 0.0611. The van der Waals surface area contributed by atoms with Crippen molar-refractivity contribution in [3.63, 3.8) is 0 Å². The number of imidazole rings is 1. The molecule has 150 valence electrons. The lowest BCUT2D eigenvalue weighted by atomic mass is 9.83. The van der Waals surface area contributed by atoms with Crippen molar-refractivity contribution in [3.8, 4) is 11.4 Å². The molecule has 30 heavy (non-hydrogen) atoms. The summed E-state index contributed by atoms with van der Waals surface area (Å²) in [5.74, 6) is 1.47. The van der Waals surface area contributed by atoms with Gasteiger partial charge in [-0.3, -0.25) is 14.7 Å². The third kappa shape index (κ3) is 2.93. The molecule has 1 N–H and O–H groups in total. The first-order valence-corrected chi connectivity index (χ1v) is 10.4. The monoisotopic (exact) mass is 398 g/mol. The van der Waals surface area contributed by atoms with E-state index in [-0.39, 0.29) is 5.56 Å². The van der Waals surface area contributed by atoms with Gasteiger partial charge >= 0.3 is 0 Å². The van der Waals surface area contributed by atoms with Gasteiger partial charge in [0.05, 0.1) is 28.5 Å². The van der Waals surface area contributed by atoms with E-state index in [1.165, 1.54) is 0 Å². The third-order valence-electron chi connectivity index (χ3n) is 6.32. The van der Waals surface area contributed by atoms with Gasteiger partial charge in [-0.25, -0.2) is 9.97 Å². The molecule has 0 saturated carbocycles. The first-order valence-electron chi connectivity index (χ1n) is 10.4. The number of hydrogen-bond donors (Lipinski definition) is 1. The molecule has 2 aliphatic rings. The fourth-order valence-electron chi connectivity index (χ4n) is 5.07. The largest absolute Gasteiger partial charge is 0.344 e. The average molecular weight is 398 g/mol. The highest BCUT2D eigenvalue weighted by atomic mass is 16.1. The first-order chi connectivity index (χ1) is 14.7. The Kier molecular flexibility index (Phi) is 4.02. The van der Waals surface area contributed by atoms with E-state index in [4.69, 9.17) is 4.98 Å². The number of fused-ring (bicyclic) bond motifs is 5. The van der Waals surface area contributed by atoms with Crippen molar-refractivity contribution in [2.75, 3.05) is 13.1 Å². The molecule has 1 fully saturated rings. The lowest BCUT2D eigenvalue weighted by Gasteiger charge is -2.42. The maximum absolute atomic E-state index is 13.1. The number of H-pyrrole nitrogens is 1. The van der Waals surface area contributed by atoms with Crippen LogP contribution in [0.25, 0.3) is 22.4 Å². The van der Waals surface area contributed by atoms with Gasteiger partial charge in [0.25, 0.3) is 5.56 Å². The van der Waals surface area contributed by atoms with Gasteiger partial charge in [-0.15, -0.1) is 0 Å². The Balaban J connectivity index is 1.27. The molecular formula is C23H22N6O. The predicted octanol–water partition coefficient (Wildman–Crippen LogP) is 2.80. The SMILES string of the molecule is O=c1c(-c2ncc[nH]2)ccc2n1C[C@H]1C[C@@H]2CN(Cc2cnc3ccccc3n2)C1. The van der Waals surface area contributed by atoms with Gasteiger partial charge in [-0.05, 0) is 36.6 Å². The molecule has 0 unspecified atom stereocenters. The quantitative estimate of drug-likeness (QED) is 0.574. The van der Waals surface area contributed by atoms with Crippen molar-refractivity contribution in [2.45, 2.75) is 25.4 Å². The molecule has 0 amide bonds. The maximum Gasteiger partial charge on any atom is 0.261 e. The lowest BCUT2D eigenvalue weighted by molar-refractivity contribution is 0.113. The van der Waals surface area contributed by atoms with Crippen LogP contribution < -0.4 is 5.56 Å². The first kappa shape index (κ1) is 17.5. The van der Waals surface area contributed by atoms with E-state index in [9.17, 15) is 4.79 Å². The van der Waals surface area contributed by atoms with Crippen LogP contribution >= 0.6 is 0 Å². The summed E-state index contributed by atoms with van der Waals surface area (Å²) in [4.78, 5) is 32.2. The van der Waals surface area contributed by atoms with Crippen LogP contribution in [0.15, 0.2) is 59.8 Å². The number of hydrogen-bond acceptors (Lipinski definition) is 5. The summed E-state index contributed by atoms with van der Waals surface area (Å²) in [6.45, 7) is 3.46. The summed E-state index contributed by atoms with van der Waals surface area (Å²) >= 11 is 0. The van der Waals surface area contributed by atoms with Crippen LogP contribution in [0.1, 0.15) is 23.7 Å². The molecule has 7 nitrogen and oxygen atoms in total. The Morgan fingerprint density at radius 3 is 2.80 bits per heavy atom. The number of nitrogens with zero attached hydrogens (tertiary/aromatic N) is 5. The Hall–Kier alpha value is -3.32. The highest BCUT2D eigenvalue weighted by Gasteiger charge is 2.35. The van der Waals surface area contributed by atoms with Crippen molar-refractivity contribution in [2.24, 2.45) is 5.92 Å². The molecule has 7 heteroatoms. The van der Waals surface area contributed by atoms with E-state index >= 15 is 0 Å². The van der Waals surface area contributed by atoms with Gasteiger partial charge < -0.3 is 9.55 Å². The maximum atomic E-state index is 13.1. The van der Waals surface area contributed by atoms with Crippen LogP contribution in [0, 0.1) is 5.92 Å². The number of rotatable bonds is 3. The molecule has 2 aliphatic heterocycles. The Bertz CT molecular complexity index is 1280. The molecule has 4 aromatic rings. The Labute approximate surface area is 173 Å². The van der Waals surface area contributed by atoms with E-state index < -0.39 is 0 Å². The number of aromatic amines is 1. The summed E-state index contributed by atoms with van der Waals surface area (Å²) in [5, 5.41) is 0. The zero-order valence-corrected chi connectivity index (χ0v) is 16.5. The van der Waals surface area contributed by atoms with Crippen molar-refractivity contribution in [3.05, 3.63) is 76.7 Å². The van der Waals surface area contributed by atoms with Gasteiger partial charge in [0, 0.05) is 50.2 Å². The smallest absolute Gasteiger partial charge is 0.261 e. The number of nitrogens with one attached hydrogen (secondary N) is 1. The van der Waals surface area contributed by atoms with Crippen molar-refractivity contribution in [1.82, 2.24) is 29.4 Å². The second kappa shape index (κ2) is 6.88. The Morgan fingerprint density at radius 2 is 1.93 bits per heavy atom. The second-order valence-electron chi connectivity index (χ2n) is 8.37. The molecule has 3 aromatic heterocycles. The van der Waals surface area contributed by atoms with Gasteiger partial charge in [-0.2, -0.15) is 0 Å². The van der Waals surface area contributed by atoms with Crippen molar-refractivity contribution in [1.29, 1.82) is 0 Å². The molecule has 6 rings (SSSR count). The number of para-hydroxylation sites is 2. The number of benzene rings is 1. The van der Waals surface area contributed by atoms with E-state index in [1.807, 2.05) is 41.1 Å². The summed E-state index contributed by atoms with van der Waals surface area (Å²) in [6, 6.07) is 12.0. The van der Waals surface area contributed by atoms with E-state index in [2.05, 4.69) is 25.9 Å². The lowest BCUT2D eigenvalue weighted by Crippen LogP contribution is -2.47. The van der Waals surface area contributed by atoms with Gasteiger partial charge in [0.15, 0.2) is 0 Å². The minimum atomic E-state index is 0.0611. The highest BCUT2D eigenvalue weighted by molar-refractivity contribution is 5.73. The van der Waals surface area contributed by atoms with Crippen LogP contribution in [0.5, 0.6) is 0 Å². The zero-order valence-electron chi connectivity index (χ0n) is 16.5. The van der Waals surface area contributed by atoms with Crippen molar-refractivity contribution < 1.29 is 0 Å². The minimum Gasteiger partial charge on any atom is -0.344 e. The molecule has 0 radical (unpaired) electrons. The fraction of sp³-hybridized carbons (Fsp3) is 0.304. The van der Waals surface area contributed by atoms with Gasteiger partial charge in [-0.1, -0.05) is 12.1 Å². The summed E-state index contributed by atoms with van der Waals surface area (Å²) in [6.07, 6.45) is 6.46. The van der Waals surface area contributed by atoms with Crippen molar-refractivity contribution >= 4 is 11.0 Å². The van der Waals surface area contributed by atoms with Crippen LogP contribution in [0.3, 0.4) is 0 Å². The average Bonchev–Trinajstić information content (AvgIpc) is 3.29. The number of aromatic nitrogens is 5. The molecule has 5 heterocycles. The fourth-order valence-corrected chi connectivity index (χ4v) is 5.07. The summed E-state index contributed by atoms with van der Waals surface area (Å²) in [5.41, 5.74) is 4.71. The van der Waals surface area contributed by atoms with E-state index in [0.29, 0.717) is 23.2 Å². The van der Waals surface area contributed by atoms with Gasteiger partial charge in [0.2, 0.25) is 0 Å². The topological polar surface area (TPSA) is 79.7 Å².